The summed E-state index contributed by atoms with van der Waals surface area (Å²) in [6.45, 7) is 7.19. The molecular weight excluding hydrogens is 535 g/mol. The molecule has 2 aromatic rings. The molecular formula is C28H31Cl2F2N3O3. The Morgan fingerprint density at radius 3 is 2.66 bits per heavy atom. The van der Waals surface area contributed by atoms with Crippen molar-refractivity contribution in [2.75, 3.05) is 13.2 Å². The maximum Gasteiger partial charge on any atom is 0.237 e. The van der Waals surface area contributed by atoms with Crippen LogP contribution in [0.1, 0.15) is 43.7 Å². The van der Waals surface area contributed by atoms with E-state index < -0.39 is 59.1 Å². The zero-order chi connectivity index (χ0) is 28.3. The van der Waals surface area contributed by atoms with Crippen molar-refractivity contribution in [3.8, 4) is 6.07 Å². The number of halogens is 4. The van der Waals surface area contributed by atoms with Gasteiger partial charge in [0.15, 0.2) is 0 Å². The van der Waals surface area contributed by atoms with Gasteiger partial charge < -0.3 is 20.8 Å². The Bertz CT molecular complexity index is 1240. The van der Waals surface area contributed by atoms with Crippen LogP contribution in [-0.4, -0.2) is 47.5 Å². The van der Waals surface area contributed by atoms with Crippen molar-refractivity contribution in [3.63, 3.8) is 0 Å². The topological polar surface area (TPSA) is 105 Å². The van der Waals surface area contributed by atoms with Gasteiger partial charge in [0.25, 0.3) is 0 Å². The van der Waals surface area contributed by atoms with Crippen LogP contribution in [-0.2, 0) is 10.2 Å². The van der Waals surface area contributed by atoms with Crippen molar-refractivity contribution in [1.29, 1.82) is 5.26 Å². The second kappa shape index (κ2) is 12.1. The average Bonchev–Trinajstić information content (AvgIpc) is 3.19. The summed E-state index contributed by atoms with van der Waals surface area (Å²) in [7, 11) is 0. The van der Waals surface area contributed by atoms with Gasteiger partial charge in [-0.3, -0.25) is 4.79 Å². The SMILES string of the molecule is C=CC(C)(C)CC1NC(C(=O)NCC[C@H](O)CO)C(c2cccc(Cl)c2F)C1(C#N)c1ccc(Cl)cc1F. The highest BCUT2D eigenvalue weighted by atomic mass is 35.5. The highest BCUT2D eigenvalue weighted by Crippen LogP contribution is 2.52. The fourth-order valence-corrected chi connectivity index (χ4v) is 5.46. The summed E-state index contributed by atoms with van der Waals surface area (Å²) < 4.78 is 31.2. The third kappa shape index (κ3) is 5.88. The first-order valence-electron chi connectivity index (χ1n) is 12.2. The van der Waals surface area contributed by atoms with Gasteiger partial charge >= 0.3 is 0 Å². The number of allylic oxidation sites excluding steroid dienone is 1. The van der Waals surface area contributed by atoms with Gasteiger partial charge in [-0.2, -0.15) is 5.26 Å². The third-order valence-electron chi connectivity index (χ3n) is 7.19. The van der Waals surface area contributed by atoms with Crippen molar-refractivity contribution in [2.24, 2.45) is 5.41 Å². The summed E-state index contributed by atoms with van der Waals surface area (Å²) in [5, 5.41) is 35.4. The van der Waals surface area contributed by atoms with E-state index in [1.54, 1.807) is 6.08 Å². The van der Waals surface area contributed by atoms with Crippen LogP contribution in [0, 0.1) is 28.4 Å². The Morgan fingerprint density at radius 1 is 1.34 bits per heavy atom. The molecule has 0 aliphatic carbocycles. The van der Waals surface area contributed by atoms with Gasteiger partial charge in [0.05, 0.1) is 29.8 Å². The summed E-state index contributed by atoms with van der Waals surface area (Å²) in [5.74, 6) is -3.35. The van der Waals surface area contributed by atoms with Gasteiger partial charge in [-0.25, -0.2) is 8.78 Å². The lowest BCUT2D eigenvalue weighted by molar-refractivity contribution is -0.123. The Balaban J connectivity index is 2.26. The third-order valence-corrected chi connectivity index (χ3v) is 7.71. The molecule has 10 heteroatoms. The van der Waals surface area contributed by atoms with Crippen LogP contribution in [0.2, 0.25) is 10.0 Å². The minimum atomic E-state index is -1.76. The summed E-state index contributed by atoms with van der Waals surface area (Å²) in [6.07, 6.45) is 1.01. The lowest BCUT2D eigenvalue weighted by Crippen LogP contribution is -2.46. The van der Waals surface area contributed by atoms with Gasteiger partial charge in [0.2, 0.25) is 5.91 Å². The lowest BCUT2D eigenvalue weighted by Gasteiger charge is -2.37. The number of amides is 1. The number of nitrogens with zero attached hydrogens (tertiary/aromatic N) is 1. The van der Waals surface area contributed by atoms with Crippen molar-refractivity contribution < 1.29 is 23.8 Å². The molecule has 1 heterocycles. The molecule has 1 amide bonds. The Labute approximate surface area is 231 Å². The molecule has 0 saturated carbocycles. The molecule has 4 N–H and O–H groups in total. The van der Waals surface area contributed by atoms with Crippen LogP contribution in [0.4, 0.5) is 8.78 Å². The van der Waals surface area contributed by atoms with E-state index in [1.165, 1.54) is 30.3 Å². The van der Waals surface area contributed by atoms with Crippen LogP contribution in [0.25, 0.3) is 0 Å². The number of rotatable bonds is 10. The normalized spacial score (nSPS) is 24.0. The number of nitriles is 1. The molecule has 6 nitrogen and oxygen atoms in total. The van der Waals surface area contributed by atoms with Gasteiger partial charge in [-0.05, 0) is 42.0 Å². The molecule has 3 rings (SSSR count). The number of hydrogen-bond donors (Lipinski definition) is 4. The van der Waals surface area contributed by atoms with Gasteiger partial charge in [-0.15, -0.1) is 6.58 Å². The average molecular weight is 566 g/mol. The summed E-state index contributed by atoms with van der Waals surface area (Å²) >= 11 is 12.1. The Kier molecular flexibility index (Phi) is 9.56. The van der Waals surface area contributed by atoms with E-state index in [4.69, 9.17) is 28.3 Å². The highest BCUT2D eigenvalue weighted by Gasteiger charge is 2.61. The highest BCUT2D eigenvalue weighted by molar-refractivity contribution is 6.31. The Hall–Kier alpha value is -2.54. The number of aliphatic hydroxyl groups excluding tert-OH is 2. The second-order valence-corrected chi connectivity index (χ2v) is 11.1. The van der Waals surface area contributed by atoms with E-state index in [9.17, 15) is 15.2 Å². The van der Waals surface area contributed by atoms with E-state index in [-0.39, 0.29) is 40.6 Å². The standard InChI is InChI=1S/C28H31Cl2F2N3O3/c1-4-27(2,3)13-22-28(15-33,19-9-8-16(29)12-21(19)31)23(18-6-5-7-20(30)24(18)32)25(35-22)26(38)34-11-10-17(37)14-36/h4-9,12,17,22-23,25,35-37H,1,10-11,13-14H2,2-3H3,(H,34,38)/t17-,22?,23?,25?,28?/m0/s1. The molecule has 1 fully saturated rings. The number of hydrogen-bond acceptors (Lipinski definition) is 5. The van der Waals surface area contributed by atoms with Crippen molar-refractivity contribution >= 4 is 29.1 Å². The van der Waals surface area contributed by atoms with Crippen LogP contribution >= 0.6 is 23.2 Å². The minimum Gasteiger partial charge on any atom is -0.394 e. The summed E-state index contributed by atoms with van der Waals surface area (Å²) in [5.41, 5.74) is -2.35. The fourth-order valence-electron chi connectivity index (χ4n) is 5.12. The van der Waals surface area contributed by atoms with Crippen LogP contribution in [0.3, 0.4) is 0 Å². The smallest absolute Gasteiger partial charge is 0.237 e. The molecule has 0 spiro atoms. The first kappa shape index (κ1) is 30.0. The molecule has 1 aliphatic rings. The van der Waals surface area contributed by atoms with Crippen LogP contribution < -0.4 is 10.6 Å². The minimum absolute atomic E-state index is 0.0150. The van der Waals surface area contributed by atoms with Crippen molar-refractivity contribution in [2.45, 2.75) is 56.2 Å². The quantitative estimate of drug-likeness (QED) is 0.314. The van der Waals surface area contributed by atoms with Crippen LogP contribution in [0.15, 0.2) is 49.1 Å². The van der Waals surface area contributed by atoms with Crippen molar-refractivity contribution in [3.05, 3.63) is 81.9 Å². The van der Waals surface area contributed by atoms with E-state index in [0.717, 1.165) is 6.07 Å². The molecule has 0 bridgehead atoms. The van der Waals surface area contributed by atoms with Crippen molar-refractivity contribution in [1.82, 2.24) is 10.6 Å². The second-order valence-electron chi connectivity index (χ2n) is 10.2. The number of nitrogens with one attached hydrogen (secondary N) is 2. The van der Waals surface area contributed by atoms with Gasteiger partial charge in [0, 0.05) is 29.1 Å². The molecule has 0 radical (unpaired) electrons. The molecule has 38 heavy (non-hydrogen) atoms. The van der Waals surface area contributed by atoms with E-state index in [0.29, 0.717) is 0 Å². The molecule has 204 valence electrons. The van der Waals surface area contributed by atoms with E-state index >= 15 is 8.78 Å². The summed E-state index contributed by atoms with van der Waals surface area (Å²) in [6, 6.07) is 8.50. The first-order chi connectivity index (χ1) is 17.9. The zero-order valence-corrected chi connectivity index (χ0v) is 22.7. The molecule has 0 aromatic heterocycles. The molecule has 1 aliphatic heterocycles. The molecule has 1 saturated heterocycles. The summed E-state index contributed by atoms with van der Waals surface area (Å²) in [4.78, 5) is 13.5. The zero-order valence-electron chi connectivity index (χ0n) is 21.1. The number of benzene rings is 2. The first-order valence-corrected chi connectivity index (χ1v) is 12.9. The molecule has 4 unspecified atom stereocenters. The fraction of sp³-hybridized carbons (Fsp3) is 0.429. The van der Waals surface area contributed by atoms with Crippen LogP contribution in [0.5, 0.6) is 0 Å². The van der Waals surface area contributed by atoms with E-state index in [2.05, 4.69) is 23.3 Å². The molecule has 5 atom stereocenters. The lowest BCUT2D eigenvalue weighted by atomic mass is 9.62. The number of carbonyl (C=O) groups is 1. The number of aliphatic hydroxyl groups is 2. The largest absolute Gasteiger partial charge is 0.394 e. The monoisotopic (exact) mass is 565 g/mol. The number of carbonyl (C=O) groups excluding carboxylic acids is 1. The predicted octanol–water partition coefficient (Wildman–Crippen LogP) is 4.62. The maximum atomic E-state index is 15.6. The van der Waals surface area contributed by atoms with Gasteiger partial charge in [-0.1, -0.05) is 61.3 Å². The maximum absolute atomic E-state index is 15.6. The Morgan fingerprint density at radius 2 is 2.05 bits per heavy atom. The predicted molar refractivity (Wildman–Crippen MR) is 143 cm³/mol. The van der Waals surface area contributed by atoms with Gasteiger partial charge in [0.1, 0.15) is 17.0 Å². The molecule has 2 aromatic carbocycles. The van der Waals surface area contributed by atoms with E-state index in [1.807, 2.05) is 13.8 Å².